The number of nitrogens with zero attached hydrogens (tertiary/aromatic N) is 2. The Balaban J connectivity index is 3.79. The van der Waals surface area contributed by atoms with Gasteiger partial charge in [0.05, 0.1) is 0 Å². The third-order valence-corrected chi connectivity index (χ3v) is 2.21. The lowest BCUT2D eigenvalue weighted by molar-refractivity contribution is 0.401. The van der Waals surface area contributed by atoms with Crippen LogP contribution in [0.1, 0.15) is 18.9 Å². The van der Waals surface area contributed by atoms with E-state index in [2.05, 4.69) is 13.2 Å². The van der Waals surface area contributed by atoms with E-state index < -0.39 is 5.56 Å². The molecule has 0 aliphatic heterocycles. The van der Waals surface area contributed by atoms with Crippen LogP contribution in [0.15, 0.2) is 4.79 Å². The first-order chi connectivity index (χ1) is 7.04. The fourth-order valence-corrected chi connectivity index (χ4v) is 1.36. The number of hydrogen-bond donors (Lipinski definition) is 1. The van der Waals surface area contributed by atoms with Gasteiger partial charge < -0.3 is 5.11 Å². The number of rotatable bonds is 2. The Morgan fingerprint density at radius 3 is 2.53 bits per heavy atom. The highest BCUT2D eigenvalue weighted by Gasteiger charge is 2.10. The van der Waals surface area contributed by atoms with Gasteiger partial charge in [-0.2, -0.15) is 5.26 Å². The molecule has 0 saturated carbocycles. The van der Waals surface area contributed by atoms with Gasteiger partial charge in [0.2, 0.25) is 5.88 Å². The van der Waals surface area contributed by atoms with Crippen molar-refractivity contribution >= 4 is 13.2 Å². The maximum absolute atomic E-state index is 11.7. The first-order valence-corrected chi connectivity index (χ1v) is 4.58. The number of nitriles is 1. The van der Waals surface area contributed by atoms with Crippen LogP contribution in [0.2, 0.25) is 0 Å². The highest BCUT2D eigenvalue weighted by atomic mass is 16.3. The van der Waals surface area contributed by atoms with E-state index in [1.165, 1.54) is 0 Å². The summed E-state index contributed by atoms with van der Waals surface area (Å²) in [7, 11) is 0. The lowest BCUT2D eigenvalue weighted by atomic mass is 10.2. The molecule has 4 nitrogen and oxygen atoms in total. The molecule has 1 N–H and O–H groups in total. The predicted molar refractivity (Wildman–Crippen MR) is 57.7 cm³/mol. The van der Waals surface area contributed by atoms with Crippen molar-refractivity contribution in [1.29, 1.82) is 5.26 Å². The maximum Gasteiger partial charge on any atom is 0.260 e. The fraction of sp³-hybridized carbons (Fsp3) is 0.273. The van der Waals surface area contributed by atoms with Crippen molar-refractivity contribution in [2.24, 2.45) is 0 Å². The first kappa shape index (κ1) is 11.1. The number of aromatic nitrogens is 1. The molecule has 78 valence electrons. The number of hydrogen-bond acceptors (Lipinski definition) is 3. The third-order valence-electron chi connectivity index (χ3n) is 2.21. The van der Waals surface area contributed by atoms with Crippen LogP contribution < -0.4 is 16.0 Å². The average molecular weight is 204 g/mol. The normalized spacial score (nSPS) is 9.87. The van der Waals surface area contributed by atoms with Gasteiger partial charge in [-0.25, -0.2) is 0 Å². The minimum Gasteiger partial charge on any atom is -0.493 e. The number of pyridine rings is 1. The van der Waals surface area contributed by atoms with Crippen molar-refractivity contribution < 1.29 is 5.11 Å². The lowest BCUT2D eigenvalue weighted by Gasteiger charge is -2.08. The molecule has 0 aliphatic rings. The van der Waals surface area contributed by atoms with E-state index in [0.717, 1.165) is 4.57 Å². The Kier molecular flexibility index (Phi) is 2.96. The van der Waals surface area contributed by atoms with E-state index in [0.29, 0.717) is 13.0 Å². The van der Waals surface area contributed by atoms with Crippen LogP contribution in [-0.2, 0) is 6.54 Å². The Bertz CT molecular complexity index is 579. The summed E-state index contributed by atoms with van der Waals surface area (Å²) >= 11 is 0. The Hall–Kier alpha value is -2.02. The molecule has 1 aromatic rings. The van der Waals surface area contributed by atoms with Crippen molar-refractivity contribution in [3.63, 3.8) is 0 Å². The summed E-state index contributed by atoms with van der Waals surface area (Å²) in [6, 6.07) is 1.82. The second-order valence-electron chi connectivity index (χ2n) is 3.22. The van der Waals surface area contributed by atoms with Crippen molar-refractivity contribution in [3.8, 4) is 11.9 Å². The van der Waals surface area contributed by atoms with Crippen LogP contribution in [0.3, 0.4) is 0 Å². The van der Waals surface area contributed by atoms with Crippen molar-refractivity contribution in [2.75, 3.05) is 0 Å². The lowest BCUT2D eigenvalue weighted by Crippen LogP contribution is -2.44. The molecule has 1 heterocycles. The molecular formula is C11H12N2O2. The van der Waals surface area contributed by atoms with E-state index in [1.807, 2.05) is 13.0 Å². The van der Waals surface area contributed by atoms with Gasteiger partial charge in [0.15, 0.2) is 0 Å². The zero-order valence-corrected chi connectivity index (χ0v) is 8.58. The van der Waals surface area contributed by atoms with Crippen molar-refractivity contribution in [1.82, 2.24) is 4.57 Å². The molecule has 0 saturated heterocycles. The van der Waals surface area contributed by atoms with Crippen LogP contribution in [-0.4, -0.2) is 9.67 Å². The predicted octanol–water partition coefficient (Wildman–Crippen LogP) is -0.344. The van der Waals surface area contributed by atoms with Crippen LogP contribution in [0.4, 0.5) is 0 Å². The molecule has 0 spiro atoms. The fourth-order valence-electron chi connectivity index (χ4n) is 1.36. The molecule has 0 unspecified atom stereocenters. The minimum atomic E-state index is -0.390. The Morgan fingerprint density at radius 1 is 1.47 bits per heavy atom. The van der Waals surface area contributed by atoms with Crippen molar-refractivity contribution in [3.05, 3.63) is 26.4 Å². The summed E-state index contributed by atoms with van der Waals surface area (Å²) in [5, 5.41) is 18.9. The largest absolute Gasteiger partial charge is 0.493 e. The molecule has 0 fully saturated rings. The molecule has 0 aliphatic carbocycles. The first-order valence-electron chi connectivity index (χ1n) is 4.58. The molecule has 15 heavy (non-hydrogen) atoms. The summed E-state index contributed by atoms with van der Waals surface area (Å²) < 4.78 is 1.15. The van der Waals surface area contributed by atoms with Gasteiger partial charge in [-0.1, -0.05) is 20.1 Å². The highest BCUT2D eigenvalue weighted by Crippen LogP contribution is 2.07. The topological polar surface area (TPSA) is 66.0 Å². The molecular weight excluding hydrogens is 192 g/mol. The zero-order chi connectivity index (χ0) is 11.6. The highest BCUT2D eigenvalue weighted by molar-refractivity contribution is 5.41. The summed E-state index contributed by atoms with van der Waals surface area (Å²) in [4.78, 5) is 11.7. The third kappa shape index (κ3) is 1.64. The Morgan fingerprint density at radius 2 is 2.07 bits per heavy atom. The van der Waals surface area contributed by atoms with Gasteiger partial charge in [0, 0.05) is 17.0 Å². The molecule has 1 rings (SSSR count). The average Bonchev–Trinajstić information content (AvgIpc) is 2.22. The van der Waals surface area contributed by atoms with Crippen LogP contribution >= 0.6 is 0 Å². The molecule has 0 amide bonds. The van der Waals surface area contributed by atoms with Gasteiger partial charge in [0.25, 0.3) is 5.56 Å². The summed E-state index contributed by atoms with van der Waals surface area (Å²) in [6.45, 7) is 9.35. The van der Waals surface area contributed by atoms with Crippen LogP contribution in [0, 0.1) is 11.3 Å². The van der Waals surface area contributed by atoms with E-state index in [9.17, 15) is 9.90 Å². The SMILES string of the molecule is C=c1c(C#N)c(O)n(CCC)c(=O)c1=C. The Labute approximate surface area is 87.0 Å². The summed E-state index contributed by atoms with van der Waals surface area (Å²) in [5.74, 6) is -0.318. The summed E-state index contributed by atoms with van der Waals surface area (Å²) in [6.07, 6.45) is 0.689. The molecule has 0 radical (unpaired) electrons. The standard InChI is InChI=1S/C11H12N2O2/c1-4-5-13-10(14)8(3)7(2)9(6-12)11(13)15/h15H,2-5H2,1H3. The molecule has 0 aromatic carbocycles. The summed E-state index contributed by atoms with van der Waals surface area (Å²) in [5.41, 5.74) is -0.369. The monoisotopic (exact) mass is 204 g/mol. The molecule has 1 aromatic heterocycles. The second kappa shape index (κ2) is 4.01. The van der Waals surface area contributed by atoms with Crippen LogP contribution in [0.25, 0.3) is 13.2 Å². The van der Waals surface area contributed by atoms with E-state index in [-0.39, 0.29) is 21.9 Å². The quantitative estimate of drug-likeness (QED) is 0.716. The van der Waals surface area contributed by atoms with E-state index in [1.54, 1.807) is 0 Å². The molecule has 0 bridgehead atoms. The van der Waals surface area contributed by atoms with Gasteiger partial charge in [-0.3, -0.25) is 9.36 Å². The maximum atomic E-state index is 11.7. The van der Waals surface area contributed by atoms with E-state index in [4.69, 9.17) is 5.26 Å². The van der Waals surface area contributed by atoms with Gasteiger partial charge >= 0.3 is 0 Å². The van der Waals surface area contributed by atoms with Gasteiger partial charge in [-0.05, 0) is 6.42 Å². The van der Waals surface area contributed by atoms with E-state index >= 15 is 0 Å². The zero-order valence-electron chi connectivity index (χ0n) is 8.58. The van der Waals surface area contributed by atoms with Gasteiger partial charge in [0.1, 0.15) is 11.6 Å². The van der Waals surface area contributed by atoms with Crippen molar-refractivity contribution in [2.45, 2.75) is 19.9 Å². The molecule has 0 atom stereocenters. The van der Waals surface area contributed by atoms with Crippen LogP contribution in [0.5, 0.6) is 5.88 Å². The molecule has 4 heteroatoms. The number of aromatic hydroxyl groups is 1. The second-order valence-corrected chi connectivity index (χ2v) is 3.22. The van der Waals surface area contributed by atoms with Gasteiger partial charge in [-0.15, -0.1) is 0 Å². The smallest absolute Gasteiger partial charge is 0.260 e. The minimum absolute atomic E-state index is 0.0213.